The maximum absolute atomic E-state index is 11.8. The lowest BCUT2D eigenvalue weighted by molar-refractivity contribution is 0.0777. The summed E-state index contributed by atoms with van der Waals surface area (Å²) in [5.41, 5.74) is 7.40. The Balaban J connectivity index is 2.13. The van der Waals surface area contributed by atoms with Crippen molar-refractivity contribution in [3.63, 3.8) is 0 Å². The molecule has 3 heteroatoms. The second-order valence-corrected chi connectivity index (χ2v) is 3.53. The van der Waals surface area contributed by atoms with Crippen molar-refractivity contribution in [2.45, 2.75) is 13.0 Å². The number of hydrogen-bond acceptors (Lipinski definition) is 2. The summed E-state index contributed by atoms with van der Waals surface area (Å²) in [5.74, 6) is 0.147. The van der Waals surface area contributed by atoms with Crippen molar-refractivity contribution in [3.05, 3.63) is 35.4 Å². The number of hydrogen-bond donors (Lipinski definition) is 1. The topological polar surface area (TPSA) is 46.3 Å². The lowest BCUT2D eigenvalue weighted by Crippen LogP contribution is -2.26. The van der Waals surface area contributed by atoms with Gasteiger partial charge in [0.2, 0.25) is 0 Å². The molecule has 0 fully saturated rings. The number of carbonyl (C=O) groups excluding carboxylic acids is 1. The number of amides is 1. The third-order valence-electron chi connectivity index (χ3n) is 2.53. The molecule has 1 aromatic rings. The Kier molecular flexibility index (Phi) is 2.50. The first-order chi connectivity index (χ1) is 6.83. The molecule has 0 aromatic heterocycles. The normalized spacial score (nSPS) is 14.6. The van der Waals surface area contributed by atoms with E-state index >= 15 is 0 Å². The summed E-state index contributed by atoms with van der Waals surface area (Å²) in [6.07, 6.45) is 0.875. The molecule has 1 aromatic carbocycles. The van der Waals surface area contributed by atoms with Gasteiger partial charge in [0.15, 0.2) is 0 Å². The molecule has 2 rings (SSSR count). The summed E-state index contributed by atoms with van der Waals surface area (Å²) >= 11 is 0. The Morgan fingerprint density at radius 3 is 2.86 bits per heavy atom. The second kappa shape index (κ2) is 3.80. The molecule has 1 aliphatic rings. The fraction of sp³-hybridized carbons (Fsp3) is 0.364. The van der Waals surface area contributed by atoms with Crippen LogP contribution in [0.4, 0.5) is 0 Å². The zero-order valence-corrected chi connectivity index (χ0v) is 8.07. The zero-order valence-electron chi connectivity index (χ0n) is 8.07. The van der Waals surface area contributed by atoms with E-state index in [-0.39, 0.29) is 5.91 Å². The van der Waals surface area contributed by atoms with Crippen molar-refractivity contribution in [2.75, 3.05) is 13.1 Å². The van der Waals surface area contributed by atoms with Gasteiger partial charge in [-0.05, 0) is 24.6 Å². The van der Waals surface area contributed by atoms with Gasteiger partial charge in [-0.3, -0.25) is 4.79 Å². The van der Waals surface area contributed by atoms with Gasteiger partial charge in [0.25, 0.3) is 5.91 Å². The van der Waals surface area contributed by atoms with Crippen LogP contribution in [-0.2, 0) is 6.54 Å². The van der Waals surface area contributed by atoms with Gasteiger partial charge in [-0.15, -0.1) is 0 Å². The molecule has 14 heavy (non-hydrogen) atoms. The number of nitrogens with zero attached hydrogens (tertiary/aromatic N) is 1. The van der Waals surface area contributed by atoms with Crippen LogP contribution in [0.25, 0.3) is 0 Å². The SMILES string of the molecule is NCCCN1Cc2ccccc2C1=O. The van der Waals surface area contributed by atoms with E-state index in [1.54, 1.807) is 0 Å². The van der Waals surface area contributed by atoms with Crippen LogP contribution in [0.5, 0.6) is 0 Å². The van der Waals surface area contributed by atoms with Crippen molar-refractivity contribution in [1.82, 2.24) is 4.90 Å². The Labute approximate surface area is 83.5 Å². The molecule has 0 aliphatic carbocycles. The van der Waals surface area contributed by atoms with Crippen LogP contribution < -0.4 is 5.73 Å². The standard InChI is InChI=1S/C11H14N2O/c12-6-3-7-13-8-9-4-1-2-5-10(9)11(13)14/h1-2,4-5H,3,6-8,12H2. The van der Waals surface area contributed by atoms with Gasteiger partial charge in [-0.25, -0.2) is 0 Å². The monoisotopic (exact) mass is 190 g/mol. The minimum Gasteiger partial charge on any atom is -0.334 e. The highest BCUT2D eigenvalue weighted by Crippen LogP contribution is 2.21. The number of benzene rings is 1. The first kappa shape index (κ1) is 9.21. The molecular weight excluding hydrogens is 176 g/mol. The molecule has 0 radical (unpaired) electrons. The molecule has 1 aliphatic heterocycles. The van der Waals surface area contributed by atoms with Crippen LogP contribution in [0.15, 0.2) is 24.3 Å². The predicted molar refractivity (Wildman–Crippen MR) is 54.9 cm³/mol. The molecule has 0 bridgehead atoms. The van der Waals surface area contributed by atoms with Gasteiger partial charge < -0.3 is 10.6 Å². The van der Waals surface area contributed by atoms with Crippen molar-refractivity contribution in [2.24, 2.45) is 5.73 Å². The number of rotatable bonds is 3. The molecule has 0 saturated heterocycles. The maximum Gasteiger partial charge on any atom is 0.254 e. The third-order valence-corrected chi connectivity index (χ3v) is 2.53. The fourth-order valence-corrected chi connectivity index (χ4v) is 1.78. The third kappa shape index (κ3) is 1.51. The highest BCUT2D eigenvalue weighted by molar-refractivity contribution is 5.98. The summed E-state index contributed by atoms with van der Waals surface area (Å²) < 4.78 is 0. The summed E-state index contributed by atoms with van der Waals surface area (Å²) in [5, 5.41) is 0. The summed E-state index contributed by atoms with van der Waals surface area (Å²) in [7, 11) is 0. The van der Waals surface area contributed by atoms with Crippen molar-refractivity contribution >= 4 is 5.91 Å². The zero-order chi connectivity index (χ0) is 9.97. The summed E-state index contributed by atoms with van der Waals surface area (Å²) in [4.78, 5) is 13.6. The van der Waals surface area contributed by atoms with Gasteiger partial charge in [0.05, 0.1) is 0 Å². The molecule has 1 heterocycles. The van der Waals surface area contributed by atoms with Crippen LogP contribution in [0.1, 0.15) is 22.3 Å². The Morgan fingerprint density at radius 2 is 2.14 bits per heavy atom. The van der Waals surface area contributed by atoms with Gasteiger partial charge in [0.1, 0.15) is 0 Å². The first-order valence-electron chi connectivity index (χ1n) is 4.90. The van der Waals surface area contributed by atoms with E-state index in [4.69, 9.17) is 5.73 Å². The van der Waals surface area contributed by atoms with E-state index in [0.717, 1.165) is 30.6 Å². The van der Waals surface area contributed by atoms with E-state index in [1.165, 1.54) is 0 Å². The van der Waals surface area contributed by atoms with Gasteiger partial charge in [0, 0.05) is 18.7 Å². The number of nitrogens with two attached hydrogens (primary N) is 1. The quantitative estimate of drug-likeness (QED) is 0.772. The van der Waals surface area contributed by atoms with Crippen LogP contribution in [0.2, 0.25) is 0 Å². The number of fused-ring (bicyclic) bond motifs is 1. The first-order valence-corrected chi connectivity index (χ1v) is 4.90. The van der Waals surface area contributed by atoms with Crippen molar-refractivity contribution in [1.29, 1.82) is 0 Å². The van der Waals surface area contributed by atoms with Crippen molar-refractivity contribution in [3.8, 4) is 0 Å². The average Bonchev–Trinajstić information content (AvgIpc) is 2.54. The van der Waals surface area contributed by atoms with E-state index in [9.17, 15) is 4.79 Å². The second-order valence-electron chi connectivity index (χ2n) is 3.53. The molecule has 0 unspecified atom stereocenters. The highest BCUT2D eigenvalue weighted by Gasteiger charge is 2.25. The highest BCUT2D eigenvalue weighted by atomic mass is 16.2. The van der Waals surface area contributed by atoms with Crippen LogP contribution in [0, 0.1) is 0 Å². The van der Waals surface area contributed by atoms with E-state index in [0.29, 0.717) is 6.54 Å². The molecule has 74 valence electrons. The van der Waals surface area contributed by atoms with E-state index in [1.807, 2.05) is 29.2 Å². The molecule has 3 nitrogen and oxygen atoms in total. The summed E-state index contributed by atoms with van der Waals surface area (Å²) in [6.45, 7) is 2.15. The molecule has 0 spiro atoms. The Morgan fingerprint density at radius 1 is 1.36 bits per heavy atom. The van der Waals surface area contributed by atoms with Gasteiger partial charge >= 0.3 is 0 Å². The van der Waals surface area contributed by atoms with Crippen LogP contribution >= 0.6 is 0 Å². The lowest BCUT2D eigenvalue weighted by atomic mass is 10.1. The largest absolute Gasteiger partial charge is 0.334 e. The molecule has 0 atom stereocenters. The molecule has 1 amide bonds. The van der Waals surface area contributed by atoms with Crippen LogP contribution in [0.3, 0.4) is 0 Å². The lowest BCUT2D eigenvalue weighted by Gasteiger charge is -2.14. The Bertz CT molecular complexity index is 349. The van der Waals surface area contributed by atoms with Crippen LogP contribution in [-0.4, -0.2) is 23.9 Å². The number of carbonyl (C=O) groups is 1. The minimum absolute atomic E-state index is 0.147. The average molecular weight is 190 g/mol. The fourth-order valence-electron chi connectivity index (χ4n) is 1.78. The van der Waals surface area contributed by atoms with Crippen molar-refractivity contribution < 1.29 is 4.79 Å². The molecule has 2 N–H and O–H groups in total. The minimum atomic E-state index is 0.147. The Hall–Kier alpha value is -1.35. The molecule has 0 saturated carbocycles. The maximum atomic E-state index is 11.8. The predicted octanol–water partition coefficient (Wildman–Crippen LogP) is 0.991. The van der Waals surface area contributed by atoms with E-state index in [2.05, 4.69) is 0 Å². The smallest absolute Gasteiger partial charge is 0.254 e. The molecular formula is C11H14N2O. The van der Waals surface area contributed by atoms with Gasteiger partial charge in [-0.2, -0.15) is 0 Å². The van der Waals surface area contributed by atoms with E-state index < -0.39 is 0 Å². The van der Waals surface area contributed by atoms with Gasteiger partial charge in [-0.1, -0.05) is 18.2 Å². The summed E-state index contributed by atoms with van der Waals surface area (Å²) in [6, 6.07) is 7.78.